The summed E-state index contributed by atoms with van der Waals surface area (Å²) in [6.07, 6.45) is 3.46. The second-order valence-electron chi connectivity index (χ2n) is 9.06. The summed E-state index contributed by atoms with van der Waals surface area (Å²) in [5, 5.41) is 11.4. The molecule has 2 N–H and O–H groups in total. The molecule has 3 aromatic heterocycles. The summed E-state index contributed by atoms with van der Waals surface area (Å²) in [5.41, 5.74) is 2.62. The van der Waals surface area contributed by atoms with Gasteiger partial charge in [0, 0.05) is 42.2 Å². The number of carbonyl (C=O) groups excluding carboxylic acids is 1. The van der Waals surface area contributed by atoms with Gasteiger partial charge in [-0.15, -0.1) is 11.3 Å². The van der Waals surface area contributed by atoms with Gasteiger partial charge in [0.1, 0.15) is 5.60 Å². The number of ether oxygens (including phenoxy) is 1. The summed E-state index contributed by atoms with van der Waals surface area (Å²) in [4.78, 5) is 20.0. The monoisotopic (exact) mass is 450 g/mol. The molecule has 1 aliphatic heterocycles. The van der Waals surface area contributed by atoms with Crippen molar-refractivity contribution in [2.75, 3.05) is 18.4 Å². The Morgan fingerprint density at radius 1 is 1.25 bits per heavy atom. The van der Waals surface area contributed by atoms with Crippen molar-refractivity contribution in [3.8, 4) is 10.4 Å². The van der Waals surface area contributed by atoms with Crippen molar-refractivity contribution < 1.29 is 9.53 Å². The Morgan fingerprint density at radius 2 is 2.06 bits per heavy atom. The van der Waals surface area contributed by atoms with Crippen LogP contribution < -0.4 is 5.32 Å². The minimum atomic E-state index is -0.476. The highest BCUT2D eigenvalue weighted by molar-refractivity contribution is 7.19. The normalized spacial score (nSPS) is 14.5. The molecule has 9 heteroatoms. The number of para-hydroxylation sites is 2. The Kier molecular flexibility index (Phi) is 5.13. The van der Waals surface area contributed by atoms with E-state index in [0.717, 1.165) is 39.0 Å². The third-order valence-corrected chi connectivity index (χ3v) is 6.38. The van der Waals surface area contributed by atoms with Gasteiger partial charge in [-0.05, 0) is 45.0 Å². The third kappa shape index (κ3) is 4.20. The molecule has 32 heavy (non-hydrogen) atoms. The fourth-order valence-electron chi connectivity index (χ4n) is 3.83. The van der Waals surface area contributed by atoms with Crippen molar-refractivity contribution in [3.05, 3.63) is 48.8 Å². The summed E-state index contributed by atoms with van der Waals surface area (Å²) in [6.45, 7) is 7.82. The number of likely N-dealkylation sites (tertiary alicyclic amines) is 1. The van der Waals surface area contributed by atoms with Crippen LogP contribution in [0.1, 0.15) is 20.8 Å². The summed E-state index contributed by atoms with van der Waals surface area (Å²) in [5.74, 6) is 1.16. The van der Waals surface area contributed by atoms with E-state index in [4.69, 9.17) is 9.72 Å². The van der Waals surface area contributed by atoms with Crippen LogP contribution in [0, 0.1) is 5.92 Å². The molecule has 0 radical (unpaired) electrons. The zero-order valence-corrected chi connectivity index (χ0v) is 19.1. The fourth-order valence-corrected chi connectivity index (χ4v) is 4.71. The van der Waals surface area contributed by atoms with Crippen molar-refractivity contribution in [2.45, 2.75) is 32.9 Å². The molecule has 4 aromatic rings. The minimum Gasteiger partial charge on any atom is -0.444 e. The summed E-state index contributed by atoms with van der Waals surface area (Å²) < 4.78 is 7.69. The SMILES string of the molecule is CC(C)(C)OC(=O)N1CC(Cn2c(Nc3ccc(-c4cn[nH]c4)s3)nc3ccccc32)C1. The highest BCUT2D eigenvalue weighted by Gasteiger charge is 2.34. The number of aromatic amines is 1. The second-order valence-corrected chi connectivity index (χ2v) is 10.1. The van der Waals surface area contributed by atoms with Gasteiger partial charge in [-0.1, -0.05) is 12.1 Å². The van der Waals surface area contributed by atoms with E-state index < -0.39 is 5.60 Å². The van der Waals surface area contributed by atoms with Crippen molar-refractivity contribution >= 4 is 39.4 Å². The van der Waals surface area contributed by atoms with Crippen LogP contribution in [0.2, 0.25) is 0 Å². The highest BCUT2D eigenvalue weighted by Crippen LogP contribution is 2.34. The number of imidazole rings is 1. The van der Waals surface area contributed by atoms with Gasteiger partial charge in [0.2, 0.25) is 5.95 Å². The number of rotatable bonds is 5. The van der Waals surface area contributed by atoms with Gasteiger partial charge in [-0.3, -0.25) is 5.10 Å². The number of amides is 1. The molecule has 0 saturated carbocycles. The predicted octanol–water partition coefficient (Wildman–Crippen LogP) is 5.10. The Bertz CT molecular complexity index is 1230. The van der Waals surface area contributed by atoms with E-state index >= 15 is 0 Å². The number of nitrogens with one attached hydrogen (secondary N) is 2. The van der Waals surface area contributed by atoms with Crippen LogP contribution in [0.4, 0.5) is 15.7 Å². The maximum Gasteiger partial charge on any atom is 0.410 e. The number of hydrogen-bond acceptors (Lipinski definition) is 6. The zero-order chi connectivity index (χ0) is 22.3. The summed E-state index contributed by atoms with van der Waals surface area (Å²) in [6, 6.07) is 12.3. The predicted molar refractivity (Wildman–Crippen MR) is 126 cm³/mol. The Labute approximate surface area is 190 Å². The van der Waals surface area contributed by atoms with Crippen molar-refractivity contribution in [3.63, 3.8) is 0 Å². The fraction of sp³-hybridized carbons (Fsp3) is 0.348. The molecule has 1 amide bonds. The number of carbonyl (C=O) groups is 1. The van der Waals surface area contributed by atoms with Crippen molar-refractivity contribution in [1.82, 2.24) is 24.6 Å². The smallest absolute Gasteiger partial charge is 0.410 e. The lowest BCUT2D eigenvalue weighted by Crippen LogP contribution is -2.52. The number of nitrogens with zero attached hydrogens (tertiary/aromatic N) is 4. The molecule has 1 aromatic carbocycles. The lowest BCUT2D eigenvalue weighted by atomic mass is 10.0. The molecule has 166 valence electrons. The van der Waals surface area contributed by atoms with E-state index in [1.54, 1.807) is 16.2 Å². The Morgan fingerprint density at radius 3 is 2.81 bits per heavy atom. The second kappa shape index (κ2) is 7.98. The summed E-state index contributed by atoms with van der Waals surface area (Å²) in [7, 11) is 0. The van der Waals surface area contributed by atoms with Crippen LogP contribution in [0.15, 0.2) is 48.8 Å². The highest BCUT2D eigenvalue weighted by atomic mass is 32.1. The lowest BCUT2D eigenvalue weighted by molar-refractivity contribution is -0.00308. The maximum absolute atomic E-state index is 12.3. The Hall–Kier alpha value is -3.33. The summed E-state index contributed by atoms with van der Waals surface area (Å²) >= 11 is 1.66. The van der Waals surface area contributed by atoms with Crippen LogP contribution in [0.3, 0.4) is 0 Å². The number of benzene rings is 1. The van der Waals surface area contributed by atoms with Crippen LogP contribution in [0.5, 0.6) is 0 Å². The molecule has 0 aliphatic carbocycles. The zero-order valence-electron chi connectivity index (χ0n) is 18.3. The van der Waals surface area contributed by atoms with Gasteiger partial charge in [0.15, 0.2) is 0 Å². The largest absolute Gasteiger partial charge is 0.444 e. The van der Waals surface area contributed by atoms with E-state index in [1.165, 1.54) is 0 Å². The quantitative estimate of drug-likeness (QED) is 0.442. The molecule has 8 nitrogen and oxygen atoms in total. The number of hydrogen-bond donors (Lipinski definition) is 2. The maximum atomic E-state index is 12.3. The molecule has 4 heterocycles. The van der Waals surface area contributed by atoms with E-state index in [1.807, 2.05) is 51.4 Å². The van der Waals surface area contributed by atoms with E-state index in [-0.39, 0.29) is 6.09 Å². The average molecular weight is 451 g/mol. The lowest BCUT2D eigenvalue weighted by Gasteiger charge is -2.40. The Balaban J connectivity index is 1.33. The van der Waals surface area contributed by atoms with Gasteiger partial charge in [-0.2, -0.15) is 5.10 Å². The first-order valence-electron chi connectivity index (χ1n) is 10.6. The first-order valence-corrected chi connectivity index (χ1v) is 11.5. The molecule has 1 aliphatic rings. The molecule has 5 rings (SSSR count). The van der Waals surface area contributed by atoms with Gasteiger partial charge < -0.3 is 19.5 Å². The van der Waals surface area contributed by atoms with Crippen LogP contribution in [-0.4, -0.2) is 49.4 Å². The van der Waals surface area contributed by atoms with Gasteiger partial charge in [0.25, 0.3) is 0 Å². The van der Waals surface area contributed by atoms with Crippen LogP contribution in [0.25, 0.3) is 21.5 Å². The first-order chi connectivity index (χ1) is 15.4. The van der Waals surface area contributed by atoms with E-state index in [0.29, 0.717) is 19.0 Å². The molecule has 0 bridgehead atoms. The average Bonchev–Trinajstić information content (AvgIpc) is 3.43. The molecule has 0 unspecified atom stereocenters. The van der Waals surface area contributed by atoms with Crippen molar-refractivity contribution in [2.24, 2.45) is 5.92 Å². The topological polar surface area (TPSA) is 88.1 Å². The third-order valence-electron chi connectivity index (χ3n) is 5.33. The first kappa shape index (κ1) is 20.6. The number of H-pyrrole nitrogens is 1. The molecule has 0 spiro atoms. The molecular formula is C23H26N6O2S. The number of anilines is 2. The van der Waals surface area contributed by atoms with E-state index in [9.17, 15) is 4.79 Å². The molecule has 1 fully saturated rings. The van der Waals surface area contributed by atoms with E-state index in [2.05, 4.69) is 38.3 Å². The van der Waals surface area contributed by atoms with Crippen molar-refractivity contribution in [1.29, 1.82) is 0 Å². The molecule has 1 saturated heterocycles. The number of fused-ring (bicyclic) bond motifs is 1. The minimum absolute atomic E-state index is 0.243. The molecule has 0 atom stereocenters. The standard InChI is InChI=1S/C23H26N6O2S/c1-23(2,3)31-22(30)28-12-15(13-28)14-29-18-7-5-4-6-17(18)26-21(29)27-20-9-8-19(32-20)16-10-24-25-11-16/h4-11,15H,12-14H2,1-3H3,(H,24,25)(H,26,27). The van der Waals surface area contributed by atoms with Gasteiger partial charge in [-0.25, -0.2) is 9.78 Å². The number of thiophene rings is 1. The van der Waals surface area contributed by atoms with Gasteiger partial charge in [0.05, 0.1) is 22.2 Å². The van der Waals surface area contributed by atoms with Crippen LogP contribution >= 0.6 is 11.3 Å². The van der Waals surface area contributed by atoms with Gasteiger partial charge >= 0.3 is 6.09 Å². The molecular weight excluding hydrogens is 424 g/mol. The number of aromatic nitrogens is 4. The van der Waals surface area contributed by atoms with Crippen LogP contribution in [-0.2, 0) is 11.3 Å².